The van der Waals surface area contributed by atoms with Gasteiger partial charge in [-0.2, -0.15) is 0 Å². The smallest absolute Gasteiger partial charge is 0.344 e. The lowest BCUT2D eigenvalue weighted by Crippen LogP contribution is -2.37. The fourth-order valence-corrected chi connectivity index (χ4v) is 3.94. The summed E-state index contributed by atoms with van der Waals surface area (Å²) >= 11 is 0. The number of hydrogen-bond acceptors (Lipinski definition) is 8. The lowest BCUT2D eigenvalue weighted by Gasteiger charge is -2.29. The zero-order valence-corrected chi connectivity index (χ0v) is 19.6. The number of carbonyl (C=O) groups excluding carboxylic acids is 4. The van der Waals surface area contributed by atoms with Gasteiger partial charge in [0, 0.05) is 0 Å². The van der Waals surface area contributed by atoms with Gasteiger partial charge in [-0.05, 0) is 51.9 Å². The van der Waals surface area contributed by atoms with Gasteiger partial charge in [0.2, 0.25) is 0 Å². The van der Waals surface area contributed by atoms with E-state index >= 15 is 0 Å². The van der Waals surface area contributed by atoms with Gasteiger partial charge in [-0.1, -0.05) is 32.3 Å². The van der Waals surface area contributed by atoms with Crippen LogP contribution in [-0.4, -0.2) is 49.8 Å². The fraction of sp³-hybridized carbons (Fsp3) is 0.750. The third kappa shape index (κ3) is 10.3. The minimum atomic E-state index is -0.668. The Bertz CT molecular complexity index is 627. The minimum absolute atomic E-state index is 0.0364. The quantitative estimate of drug-likeness (QED) is 0.121. The summed E-state index contributed by atoms with van der Waals surface area (Å²) in [6.07, 6.45) is 8.05. The van der Waals surface area contributed by atoms with Gasteiger partial charge in [-0.15, -0.1) is 6.58 Å². The molecule has 0 aromatic heterocycles. The Balaban J connectivity index is 2.50. The summed E-state index contributed by atoms with van der Waals surface area (Å²) in [5.41, 5.74) is -0.668. The van der Waals surface area contributed by atoms with E-state index in [0.29, 0.717) is 25.2 Å². The van der Waals surface area contributed by atoms with Crippen LogP contribution in [0.2, 0.25) is 0 Å². The SMILES string of the molecule is C=CCC(CC)CCC(C)(C)OC(=O)COC(=O)C1CCCCC1C(=O)OCCOC=O. The molecular formula is C24H38O8. The summed E-state index contributed by atoms with van der Waals surface area (Å²) in [5, 5.41) is 0. The lowest BCUT2D eigenvalue weighted by molar-refractivity contribution is -0.173. The molecular weight excluding hydrogens is 416 g/mol. The standard InChI is InChI=1S/C24H38O8/c1-5-9-18(6-2)12-13-24(3,4)32-21(26)16-31-23(28)20-11-8-7-10-19(20)22(27)30-15-14-29-17-25/h5,17-20H,1,6-16H2,2-4H3. The molecule has 3 unspecified atom stereocenters. The van der Waals surface area contributed by atoms with Crippen LogP contribution in [0.4, 0.5) is 0 Å². The second-order valence-corrected chi connectivity index (χ2v) is 8.81. The van der Waals surface area contributed by atoms with E-state index in [9.17, 15) is 19.2 Å². The highest BCUT2D eigenvalue weighted by molar-refractivity contribution is 5.83. The molecule has 0 bridgehead atoms. The second-order valence-electron chi connectivity index (χ2n) is 8.81. The largest absolute Gasteiger partial charge is 0.464 e. The average Bonchev–Trinajstić information content (AvgIpc) is 2.77. The van der Waals surface area contributed by atoms with Gasteiger partial charge in [0.05, 0.1) is 11.8 Å². The molecule has 0 heterocycles. The number of esters is 3. The van der Waals surface area contributed by atoms with Crippen molar-refractivity contribution in [3.8, 4) is 0 Å². The molecule has 0 aromatic carbocycles. The molecule has 1 rings (SSSR count). The molecule has 1 saturated carbocycles. The molecule has 0 spiro atoms. The Morgan fingerprint density at radius 3 is 2.25 bits per heavy atom. The van der Waals surface area contributed by atoms with Crippen LogP contribution in [0.3, 0.4) is 0 Å². The summed E-state index contributed by atoms with van der Waals surface area (Å²) in [5.74, 6) is -2.51. The van der Waals surface area contributed by atoms with Crippen molar-refractivity contribution in [2.45, 2.75) is 77.7 Å². The van der Waals surface area contributed by atoms with Crippen molar-refractivity contribution in [2.75, 3.05) is 19.8 Å². The first-order valence-electron chi connectivity index (χ1n) is 11.4. The van der Waals surface area contributed by atoms with E-state index in [1.165, 1.54) is 0 Å². The van der Waals surface area contributed by atoms with Crippen molar-refractivity contribution in [3.05, 3.63) is 12.7 Å². The summed E-state index contributed by atoms with van der Waals surface area (Å²) in [6.45, 7) is 9.27. The predicted octanol–water partition coefficient (Wildman–Crippen LogP) is 3.76. The normalized spacial score (nSPS) is 19.3. The monoisotopic (exact) mass is 454 g/mol. The molecule has 1 aliphatic carbocycles. The van der Waals surface area contributed by atoms with Crippen molar-refractivity contribution in [2.24, 2.45) is 17.8 Å². The van der Waals surface area contributed by atoms with Gasteiger partial charge in [-0.25, -0.2) is 4.79 Å². The van der Waals surface area contributed by atoms with Crippen LogP contribution in [0.25, 0.3) is 0 Å². The van der Waals surface area contributed by atoms with Crippen LogP contribution in [0.15, 0.2) is 12.7 Å². The maximum absolute atomic E-state index is 12.6. The van der Waals surface area contributed by atoms with Gasteiger partial charge in [0.1, 0.15) is 18.8 Å². The van der Waals surface area contributed by atoms with Crippen LogP contribution >= 0.6 is 0 Å². The first-order chi connectivity index (χ1) is 15.2. The van der Waals surface area contributed by atoms with E-state index in [2.05, 4.69) is 18.2 Å². The van der Waals surface area contributed by atoms with Crippen molar-refractivity contribution >= 4 is 24.4 Å². The van der Waals surface area contributed by atoms with E-state index in [1.807, 2.05) is 19.9 Å². The molecule has 0 amide bonds. The van der Waals surface area contributed by atoms with Crippen LogP contribution in [-0.2, 0) is 38.1 Å². The number of ether oxygens (including phenoxy) is 4. The Morgan fingerprint density at radius 1 is 1.06 bits per heavy atom. The first-order valence-corrected chi connectivity index (χ1v) is 11.4. The van der Waals surface area contributed by atoms with E-state index in [1.54, 1.807) is 0 Å². The van der Waals surface area contributed by atoms with Crippen molar-refractivity contribution in [1.29, 1.82) is 0 Å². The van der Waals surface area contributed by atoms with Gasteiger partial charge in [0.15, 0.2) is 6.61 Å². The average molecular weight is 455 g/mol. The molecule has 32 heavy (non-hydrogen) atoms. The lowest BCUT2D eigenvalue weighted by atomic mass is 9.79. The minimum Gasteiger partial charge on any atom is -0.464 e. The van der Waals surface area contributed by atoms with E-state index in [4.69, 9.17) is 14.2 Å². The topological polar surface area (TPSA) is 105 Å². The molecule has 1 aliphatic rings. The zero-order chi connectivity index (χ0) is 24.0. The maximum Gasteiger partial charge on any atom is 0.344 e. The third-order valence-electron chi connectivity index (χ3n) is 5.84. The molecule has 1 fully saturated rings. The van der Waals surface area contributed by atoms with E-state index in [0.717, 1.165) is 32.1 Å². The Morgan fingerprint density at radius 2 is 1.69 bits per heavy atom. The van der Waals surface area contributed by atoms with E-state index < -0.39 is 42.0 Å². The predicted molar refractivity (Wildman–Crippen MR) is 117 cm³/mol. The second kappa shape index (κ2) is 14.6. The molecule has 0 aliphatic heterocycles. The molecule has 3 atom stereocenters. The van der Waals surface area contributed by atoms with Crippen LogP contribution in [0, 0.1) is 17.8 Å². The van der Waals surface area contributed by atoms with Gasteiger partial charge < -0.3 is 18.9 Å². The highest BCUT2D eigenvalue weighted by atomic mass is 16.6. The molecule has 182 valence electrons. The van der Waals surface area contributed by atoms with Gasteiger partial charge >= 0.3 is 17.9 Å². The molecule has 0 aromatic rings. The Kier molecular flexibility index (Phi) is 12.7. The Hall–Kier alpha value is -2.38. The van der Waals surface area contributed by atoms with E-state index in [-0.39, 0.29) is 19.7 Å². The van der Waals surface area contributed by atoms with Crippen LogP contribution < -0.4 is 0 Å². The van der Waals surface area contributed by atoms with Crippen LogP contribution in [0.5, 0.6) is 0 Å². The summed E-state index contributed by atoms with van der Waals surface area (Å²) in [7, 11) is 0. The molecule has 8 heteroatoms. The van der Waals surface area contributed by atoms with Crippen LogP contribution in [0.1, 0.15) is 72.1 Å². The van der Waals surface area contributed by atoms with Gasteiger partial charge in [0.25, 0.3) is 6.47 Å². The molecule has 0 saturated heterocycles. The van der Waals surface area contributed by atoms with Crippen molar-refractivity contribution in [1.82, 2.24) is 0 Å². The zero-order valence-electron chi connectivity index (χ0n) is 19.6. The summed E-state index contributed by atoms with van der Waals surface area (Å²) in [6, 6.07) is 0. The number of rotatable bonds is 15. The fourth-order valence-electron chi connectivity index (χ4n) is 3.94. The summed E-state index contributed by atoms with van der Waals surface area (Å²) in [4.78, 5) is 47.3. The maximum atomic E-state index is 12.6. The molecule has 0 N–H and O–H groups in total. The Labute approximate surface area is 191 Å². The molecule has 8 nitrogen and oxygen atoms in total. The first kappa shape index (κ1) is 27.7. The number of carbonyl (C=O) groups is 4. The van der Waals surface area contributed by atoms with Crippen molar-refractivity contribution < 1.29 is 38.1 Å². The summed E-state index contributed by atoms with van der Waals surface area (Å²) < 4.78 is 20.3. The van der Waals surface area contributed by atoms with Crippen molar-refractivity contribution in [3.63, 3.8) is 0 Å². The highest BCUT2D eigenvalue weighted by Crippen LogP contribution is 2.32. The number of allylic oxidation sites excluding steroid dienone is 1. The number of hydrogen-bond donors (Lipinski definition) is 0. The highest BCUT2D eigenvalue weighted by Gasteiger charge is 2.38. The third-order valence-corrected chi connectivity index (χ3v) is 5.84. The van der Waals surface area contributed by atoms with Gasteiger partial charge in [-0.3, -0.25) is 14.4 Å². The molecule has 0 radical (unpaired) electrons.